The summed E-state index contributed by atoms with van der Waals surface area (Å²) in [6, 6.07) is 15.7. The number of carbonyl (C=O) groups excluding carboxylic acids is 1. The van der Waals surface area contributed by atoms with Gasteiger partial charge in [0.25, 0.3) is 0 Å². The lowest BCUT2D eigenvalue weighted by Crippen LogP contribution is -2.09. The number of para-hydroxylation sites is 3. The first-order chi connectivity index (χ1) is 15.5. The molecule has 0 aliphatic heterocycles. The lowest BCUT2D eigenvalue weighted by Gasteiger charge is -2.11. The number of hydrogen-bond acceptors (Lipinski definition) is 7. The highest BCUT2D eigenvalue weighted by molar-refractivity contribution is 6.09. The molecule has 32 heavy (non-hydrogen) atoms. The predicted octanol–water partition coefficient (Wildman–Crippen LogP) is 3.58. The zero-order valence-electron chi connectivity index (χ0n) is 16.9. The molecule has 9 nitrogen and oxygen atoms in total. The minimum Gasteiger partial charge on any atom is -0.477 e. The maximum atomic E-state index is 12.8. The number of hydrogen-bond donors (Lipinski definition) is 2. The summed E-state index contributed by atoms with van der Waals surface area (Å²) in [5.74, 6) is -1.67. The van der Waals surface area contributed by atoms with Crippen molar-refractivity contribution in [3.63, 3.8) is 0 Å². The van der Waals surface area contributed by atoms with Crippen molar-refractivity contribution in [2.45, 2.75) is 6.92 Å². The number of esters is 1. The zero-order chi connectivity index (χ0) is 22.4. The monoisotopic (exact) mass is 427 g/mol. The molecular formula is C23H17N5O4. The number of fused-ring (bicyclic) bond motifs is 3. The summed E-state index contributed by atoms with van der Waals surface area (Å²) in [7, 11) is 0. The molecule has 0 radical (unpaired) electrons. The number of aromatic carboxylic acids is 1. The van der Waals surface area contributed by atoms with E-state index in [1.807, 2.05) is 24.3 Å². The van der Waals surface area contributed by atoms with Crippen molar-refractivity contribution < 1.29 is 19.4 Å². The van der Waals surface area contributed by atoms with Crippen LogP contribution in [0, 0.1) is 0 Å². The van der Waals surface area contributed by atoms with Crippen molar-refractivity contribution in [1.82, 2.24) is 19.5 Å². The summed E-state index contributed by atoms with van der Waals surface area (Å²) in [6.45, 7) is 1.88. The summed E-state index contributed by atoms with van der Waals surface area (Å²) in [5.41, 5.74) is 9.21. The third kappa shape index (κ3) is 2.90. The van der Waals surface area contributed by atoms with E-state index in [4.69, 9.17) is 15.5 Å². The Morgan fingerprint density at radius 2 is 1.72 bits per heavy atom. The van der Waals surface area contributed by atoms with Crippen molar-refractivity contribution in [3.05, 3.63) is 65.9 Å². The largest absolute Gasteiger partial charge is 0.477 e. The summed E-state index contributed by atoms with van der Waals surface area (Å²) in [6.07, 6.45) is 0. The summed E-state index contributed by atoms with van der Waals surface area (Å²) >= 11 is 0. The van der Waals surface area contributed by atoms with E-state index < -0.39 is 11.9 Å². The first-order valence-corrected chi connectivity index (χ1v) is 9.86. The number of aromatic nitrogens is 4. The molecule has 0 bridgehead atoms. The summed E-state index contributed by atoms with van der Waals surface area (Å²) in [5, 5.41) is 10.1. The van der Waals surface area contributed by atoms with Crippen LogP contribution in [0.4, 0.5) is 5.82 Å². The van der Waals surface area contributed by atoms with E-state index in [9.17, 15) is 14.7 Å². The molecule has 0 atom stereocenters. The summed E-state index contributed by atoms with van der Waals surface area (Å²) in [4.78, 5) is 38.0. The third-order valence-electron chi connectivity index (χ3n) is 5.14. The molecule has 9 heteroatoms. The molecule has 5 rings (SSSR count). The molecule has 0 saturated heterocycles. The average molecular weight is 427 g/mol. The molecule has 3 aromatic heterocycles. The van der Waals surface area contributed by atoms with E-state index in [1.54, 1.807) is 35.8 Å². The molecule has 2 aromatic carbocycles. The van der Waals surface area contributed by atoms with Crippen LogP contribution in [-0.2, 0) is 4.74 Å². The van der Waals surface area contributed by atoms with Gasteiger partial charge in [0.05, 0.1) is 28.8 Å². The van der Waals surface area contributed by atoms with Gasteiger partial charge in [0.15, 0.2) is 5.65 Å². The maximum Gasteiger partial charge on any atom is 0.354 e. The molecule has 0 aliphatic carbocycles. The number of pyridine rings is 1. The highest BCUT2D eigenvalue weighted by Gasteiger charge is 2.26. The van der Waals surface area contributed by atoms with Gasteiger partial charge in [0.1, 0.15) is 22.6 Å². The minimum atomic E-state index is -1.15. The van der Waals surface area contributed by atoms with E-state index in [0.29, 0.717) is 38.8 Å². The first kappa shape index (κ1) is 19.4. The Morgan fingerprint density at radius 3 is 2.44 bits per heavy atom. The van der Waals surface area contributed by atoms with Crippen LogP contribution in [-0.4, -0.2) is 43.2 Å². The molecule has 0 fully saturated rings. The molecule has 5 aromatic rings. The van der Waals surface area contributed by atoms with E-state index in [0.717, 1.165) is 0 Å². The molecule has 0 amide bonds. The van der Waals surface area contributed by atoms with Crippen molar-refractivity contribution >= 4 is 50.9 Å². The van der Waals surface area contributed by atoms with Gasteiger partial charge in [0.2, 0.25) is 0 Å². The molecule has 3 N–H and O–H groups in total. The number of anilines is 1. The number of nitrogen functional groups attached to an aromatic ring is 1. The smallest absolute Gasteiger partial charge is 0.354 e. The van der Waals surface area contributed by atoms with Gasteiger partial charge in [-0.25, -0.2) is 24.5 Å². The maximum absolute atomic E-state index is 12.8. The van der Waals surface area contributed by atoms with Crippen LogP contribution >= 0.6 is 0 Å². The quantitative estimate of drug-likeness (QED) is 0.416. The van der Waals surface area contributed by atoms with Crippen LogP contribution in [0.25, 0.3) is 38.8 Å². The van der Waals surface area contributed by atoms with Crippen LogP contribution in [0.5, 0.6) is 0 Å². The van der Waals surface area contributed by atoms with Crippen molar-refractivity contribution in [2.24, 2.45) is 0 Å². The second-order valence-electron chi connectivity index (χ2n) is 7.05. The van der Waals surface area contributed by atoms with Crippen LogP contribution in [0.2, 0.25) is 0 Å². The lowest BCUT2D eigenvalue weighted by molar-refractivity contribution is 0.0529. The number of benzene rings is 2. The number of ether oxygens (including phenoxy) is 1. The van der Waals surface area contributed by atoms with E-state index in [1.165, 1.54) is 6.07 Å². The lowest BCUT2D eigenvalue weighted by atomic mass is 10.1. The van der Waals surface area contributed by atoms with E-state index in [2.05, 4.69) is 9.97 Å². The number of rotatable bonds is 4. The van der Waals surface area contributed by atoms with E-state index in [-0.39, 0.29) is 23.7 Å². The van der Waals surface area contributed by atoms with Gasteiger partial charge in [-0.3, -0.25) is 4.57 Å². The predicted molar refractivity (Wildman–Crippen MR) is 119 cm³/mol. The fourth-order valence-electron chi connectivity index (χ4n) is 3.74. The SMILES string of the molecule is CCOC(=O)c1c(N)n(-c2cccc3ccc(C(=O)O)nc23)c2nc3ccccc3nc12. The van der Waals surface area contributed by atoms with Crippen molar-refractivity contribution in [1.29, 1.82) is 0 Å². The van der Waals surface area contributed by atoms with Gasteiger partial charge in [-0.05, 0) is 31.2 Å². The summed E-state index contributed by atoms with van der Waals surface area (Å²) < 4.78 is 6.79. The fourth-order valence-corrected chi connectivity index (χ4v) is 3.74. The Hall–Kier alpha value is -4.53. The minimum absolute atomic E-state index is 0.0868. The molecular weight excluding hydrogens is 410 g/mol. The van der Waals surface area contributed by atoms with Crippen LogP contribution in [0.1, 0.15) is 27.8 Å². The normalized spacial score (nSPS) is 11.3. The van der Waals surface area contributed by atoms with Crippen molar-refractivity contribution in [3.8, 4) is 5.69 Å². The topological polar surface area (TPSA) is 133 Å². The van der Waals surface area contributed by atoms with Crippen LogP contribution < -0.4 is 5.73 Å². The number of nitrogens with zero attached hydrogens (tertiary/aromatic N) is 4. The Kier molecular flexibility index (Phi) is 4.44. The number of nitrogens with two attached hydrogens (primary N) is 1. The number of carboxylic acids is 1. The third-order valence-corrected chi connectivity index (χ3v) is 5.14. The Balaban J connectivity index is 1.92. The van der Waals surface area contributed by atoms with E-state index >= 15 is 0 Å². The number of carboxylic acid groups (broad SMARTS) is 1. The second kappa shape index (κ2) is 7.31. The highest BCUT2D eigenvalue weighted by Crippen LogP contribution is 2.33. The Bertz CT molecular complexity index is 1560. The van der Waals surface area contributed by atoms with Gasteiger partial charge < -0.3 is 15.6 Å². The van der Waals surface area contributed by atoms with Gasteiger partial charge >= 0.3 is 11.9 Å². The van der Waals surface area contributed by atoms with Crippen molar-refractivity contribution in [2.75, 3.05) is 12.3 Å². The second-order valence-corrected chi connectivity index (χ2v) is 7.05. The van der Waals surface area contributed by atoms with Gasteiger partial charge in [-0.15, -0.1) is 0 Å². The van der Waals surface area contributed by atoms with Gasteiger partial charge in [-0.2, -0.15) is 0 Å². The van der Waals surface area contributed by atoms with Gasteiger partial charge in [0, 0.05) is 5.39 Å². The highest BCUT2D eigenvalue weighted by atomic mass is 16.5. The first-order valence-electron chi connectivity index (χ1n) is 9.86. The molecule has 0 spiro atoms. The zero-order valence-corrected chi connectivity index (χ0v) is 16.9. The standard InChI is InChI=1S/C23H17N5O4/c1-2-32-23(31)17-19-21(27-14-8-4-3-7-13(14)25-19)28(20(17)24)16-9-5-6-12-10-11-15(22(29)30)26-18(12)16/h3-11H,2,24H2,1H3,(H,29,30). The van der Waals surface area contributed by atoms with Gasteiger partial charge in [-0.1, -0.05) is 30.3 Å². The Morgan fingerprint density at radius 1 is 0.969 bits per heavy atom. The Labute approximate surface area is 181 Å². The van der Waals surface area contributed by atoms with Crippen LogP contribution in [0.3, 0.4) is 0 Å². The molecule has 0 unspecified atom stereocenters. The molecule has 158 valence electrons. The average Bonchev–Trinajstić information content (AvgIpc) is 3.07. The molecule has 0 aliphatic rings. The van der Waals surface area contributed by atoms with Crippen LogP contribution in [0.15, 0.2) is 54.6 Å². The molecule has 3 heterocycles. The molecule has 0 saturated carbocycles. The fraction of sp³-hybridized carbons (Fsp3) is 0.0870. The number of carbonyl (C=O) groups is 2.